The third-order valence-electron chi connectivity index (χ3n) is 6.07. The van der Waals surface area contributed by atoms with Crippen molar-refractivity contribution < 1.29 is 28.6 Å². The first kappa shape index (κ1) is 22.2. The van der Waals surface area contributed by atoms with Gasteiger partial charge in [0.25, 0.3) is 0 Å². The van der Waals surface area contributed by atoms with E-state index < -0.39 is 5.41 Å². The predicted octanol–water partition coefficient (Wildman–Crippen LogP) is 1.37. The van der Waals surface area contributed by atoms with Gasteiger partial charge in [-0.05, 0) is 30.5 Å². The van der Waals surface area contributed by atoms with E-state index in [9.17, 15) is 14.4 Å². The highest BCUT2D eigenvalue weighted by atomic mass is 16.5. The second-order valence-corrected chi connectivity index (χ2v) is 7.85. The van der Waals surface area contributed by atoms with Crippen molar-refractivity contribution >= 4 is 17.7 Å². The number of ether oxygens (including phenoxy) is 3. The van der Waals surface area contributed by atoms with E-state index >= 15 is 0 Å². The fraction of sp³-hybridized carbons (Fsp3) is 0.591. The van der Waals surface area contributed by atoms with Crippen molar-refractivity contribution in [3.05, 3.63) is 29.8 Å². The first-order valence-electron chi connectivity index (χ1n) is 10.2. The Kier molecular flexibility index (Phi) is 7.10. The van der Waals surface area contributed by atoms with Crippen molar-refractivity contribution in [3.63, 3.8) is 0 Å². The Morgan fingerprint density at radius 3 is 2.73 bits per heavy atom. The van der Waals surface area contributed by atoms with Crippen LogP contribution in [-0.2, 0) is 29.3 Å². The lowest BCUT2D eigenvalue weighted by Gasteiger charge is -2.35. The lowest BCUT2D eigenvalue weighted by atomic mass is 9.75. The van der Waals surface area contributed by atoms with Crippen LogP contribution in [0.25, 0.3) is 0 Å². The van der Waals surface area contributed by atoms with E-state index in [1.54, 1.807) is 43.4 Å². The van der Waals surface area contributed by atoms with Gasteiger partial charge in [-0.15, -0.1) is 0 Å². The molecule has 1 aromatic rings. The molecule has 0 spiro atoms. The summed E-state index contributed by atoms with van der Waals surface area (Å²) in [5.74, 6) is -0.214. The van der Waals surface area contributed by atoms with Gasteiger partial charge in [-0.3, -0.25) is 19.3 Å². The number of amides is 3. The maximum atomic E-state index is 13.5. The molecule has 0 N–H and O–H groups in total. The number of methoxy groups -OCH3 is 3. The number of nitrogens with zero attached hydrogens (tertiary/aromatic N) is 2. The number of likely N-dealkylation sites (tertiary alicyclic amines) is 2. The maximum Gasteiger partial charge on any atom is 0.240 e. The average molecular weight is 418 g/mol. The van der Waals surface area contributed by atoms with Crippen LogP contribution in [0.1, 0.15) is 31.2 Å². The molecule has 0 radical (unpaired) electrons. The molecule has 3 rings (SSSR count). The van der Waals surface area contributed by atoms with E-state index in [-0.39, 0.29) is 49.8 Å². The molecule has 1 aromatic carbocycles. The summed E-state index contributed by atoms with van der Waals surface area (Å²) in [6.07, 6.45) is 1.64. The number of imide groups is 1. The van der Waals surface area contributed by atoms with Gasteiger partial charge in [-0.1, -0.05) is 12.1 Å². The Balaban J connectivity index is 1.93. The maximum absolute atomic E-state index is 13.5. The van der Waals surface area contributed by atoms with Crippen LogP contribution < -0.4 is 4.74 Å². The highest BCUT2D eigenvalue weighted by Crippen LogP contribution is 2.41. The molecule has 164 valence electrons. The molecule has 0 bridgehead atoms. The fourth-order valence-electron chi connectivity index (χ4n) is 4.32. The van der Waals surface area contributed by atoms with Gasteiger partial charge in [0.2, 0.25) is 17.7 Å². The molecule has 2 aliphatic rings. The quantitative estimate of drug-likeness (QED) is 0.593. The zero-order chi connectivity index (χ0) is 21.7. The minimum Gasteiger partial charge on any atom is -0.497 e. The van der Waals surface area contributed by atoms with Crippen molar-refractivity contribution in [2.75, 3.05) is 47.6 Å². The first-order chi connectivity index (χ1) is 14.4. The third kappa shape index (κ3) is 4.34. The van der Waals surface area contributed by atoms with Crippen LogP contribution in [0.2, 0.25) is 0 Å². The van der Waals surface area contributed by atoms with E-state index in [4.69, 9.17) is 14.2 Å². The second kappa shape index (κ2) is 9.57. The van der Waals surface area contributed by atoms with Gasteiger partial charge < -0.3 is 19.1 Å². The molecule has 30 heavy (non-hydrogen) atoms. The predicted molar refractivity (Wildman–Crippen MR) is 109 cm³/mol. The first-order valence-corrected chi connectivity index (χ1v) is 10.2. The summed E-state index contributed by atoms with van der Waals surface area (Å²) >= 11 is 0. The number of hydrogen-bond acceptors (Lipinski definition) is 6. The van der Waals surface area contributed by atoms with Crippen LogP contribution in [0.4, 0.5) is 0 Å². The summed E-state index contributed by atoms with van der Waals surface area (Å²) in [6, 6.07) is 7.08. The monoisotopic (exact) mass is 418 g/mol. The van der Waals surface area contributed by atoms with Crippen LogP contribution in [0, 0.1) is 0 Å². The van der Waals surface area contributed by atoms with Gasteiger partial charge in [-0.25, -0.2) is 0 Å². The molecule has 8 heteroatoms. The van der Waals surface area contributed by atoms with Gasteiger partial charge in [0, 0.05) is 40.2 Å². The van der Waals surface area contributed by atoms with Crippen LogP contribution in [0.3, 0.4) is 0 Å². The molecule has 0 saturated carbocycles. The molecule has 2 fully saturated rings. The van der Waals surface area contributed by atoms with Crippen molar-refractivity contribution in [1.82, 2.24) is 9.80 Å². The zero-order valence-electron chi connectivity index (χ0n) is 17.9. The number of rotatable bonds is 8. The van der Waals surface area contributed by atoms with Gasteiger partial charge in [0.05, 0.1) is 31.8 Å². The van der Waals surface area contributed by atoms with Crippen molar-refractivity contribution in [3.8, 4) is 5.75 Å². The molecule has 3 amide bonds. The topological polar surface area (TPSA) is 85.4 Å². The SMILES string of the molecule is COCCN1C(=O)C[C@@](CC(=O)N2CCC[C@H](OC)C2)(c2cccc(OC)c2)C1=O. The average Bonchev–Trinajstić information content (AvgIpc) is 3.02. The number of hydrogen-bond donors (Lipinski definition) is 0. The molecule has 2 aliphatic heterocycles. The van der Waals surface area contributed by atoms with Gasteiger partial charge in [0.1, 0.15) is 5.75 Å². The Hall–Kier alpha value is -2.45. The lowest BCUT2D eigenvalue weighted by molar-refractivity contribution is -0.144. The number of benzene rings is 1. The largest absolute Gasteiger partial charge is 0.497 e. The minimum absolute atomic E-state index is 0.00502. The molecule has 2 heterocycles. The highest BCUT2D eigenvalue weighted by molar-refractivity contribution is 6.10. The van der Waals surface area contributed by atoms with Gasteiger partial charge in [0.15, 0.2) is 0 Å². The molecule has 0 unspecified atom stereocenters. The molecule has 2 atom stereocenters. The summed E-state index contributed by atoms with van der Waals surface area (Å²) < 4.78 is 15.8. The van der Waals surface area contributed by atoms with Crippen molar-refractivity contribution in [2.45, 2.75) is 37.2 Å². The lowest BCUT2D eigenvalue weighted by Crippen LogP contribution is -2.47. The summed E-state index contributed by atoms with van der Waals surface area (Å²) in [7, 11) is 4.71. The van der Waals surface area contributed by atoms with Crippen molar-refractivity contribution in [1.29, 1.82) is 0 Å². The van der Waals surface area contributed by atoms with E-state index in [1.165, 1.54) is 12.0 Å². The Bertz CT molecular complexity index is 798. The van der Waals surface area contributed by atoms with E-state index in [1.807, 2.05) is 0 Å². The van der Waals surface area contributed by atoms with Gasteiger partial charge >= 0.3 is 0 Å². The van der Waals surface area contributed by atoms with Crippen LogP contribution in [-0.4, -0.2) is 81.2 Å². The van der Waals surface area contributed by atoms with Crippen LogP contribution in [0.15, 0.2) is 24.3 Å². The van der Waals surface area contributed by atoms with E-state index in [2.05, 4.69) is 0 Å². The standard InChI is InChI=1S/C22H30N2O6/c1-28-11-10-24-20(26)14-22(21(24)27,16-6-4-7-17(12-16)29-2)13-19(25)23-9-5-8-18(15-23)30-3/h4,6-7,12,18H,5,8-11,13-15H2,1-3H3/t18-,22-/m0/s1. The second-order valence-electron chi connectivity index (χ2n) is 7.85. The summed E-state index contributed by atoms with van der Waals surface area (Å²) in [5, 5.41) is 0. The molecule has 8 nitrogen and oxygen atoms in total. The van der Waals surface area contributed by atoms with Gasteiger partial charge in [-0.2, -0.15) is 0 Å². The molecule has 0 aromatic heterocycles. The molecular weight excluding hydrogens is 388 g/mol. The Morgan fingerprint density at radius 2 is 2.03 bits per heavy atom. The fourth-order valence-corrected chi connectivity index (χ4v) is 4.32. The highest BCUT2D eigenvalue weighted by Gasteiger charge is 2.54. The van der Waals surface area contributed by atoms with Crippen molar-refractivity contribution in [2.24, 2.45) is 0 Å². The smallest absolute Gasteiger partial charge is 0.240 e. The molecule has 2 saturated heterocycles. The van der Waals surface area contributed by atoms with E-state index in [0.717, 1.165) is 12.8 Å². The number of carbonyl (C=O) groups is 3. The molecular formula is C22H30N2O6. The third-order valence-corrected chi connectivity index (χ3v) is 6.07. The normalized spacial score (nSPS) is 24.4. The number of carbonyl (C=O) groups excluding carboxylic acids is 3. The van der Waals surface area contributed by atoms with Crippen LogP contribution in [0.5, 0.6) is 5.75 Å². The summed E-state index contributed by atoms with van der Waals surface area (Å²) in [5.41, 5.74) is -0.620. The molecule has 0 aliphatic carbocycles. The summed E-state index contributed by atoms with van der Waals surface area (Å²) in [4.78, 5) is 42.5. The Labute approximate surface area is 177 Å². The zero-order valence-corrected chi connectivity index (χ0v) is 17.9. The Morgan fingerprint density at radius 1 is 1.23 bits per heavy atom. The van der Waals surface area contributed by atoms with E-state index in [0.29, 0.717) is 24.4 Å². The number of piperidine rings is 1. The summed E-state index contributed by atoms with van der Waals surface area (Å²) in [6.45, 7) is 1.55. The van der Waals surface area contributed by atoms with Crippen LogP contribution >= 0.6 is 0 Å². The minimum atomic E-state index is -1.24.